The maximum absolute atomic E-state index is 12.2. The van der Waals surface area contributed by atoms with Gasteiger partial charge in [-0.25, -0.2) is 11.1 Å². The molecule has 0 heterocycles. The average Bonchev–Trinajstić information content (AvgIpc) is 3.35. The third-order valence-corrected chi connectivity index (χ3v) is 7.86. The molecule has 212 valence electrons. The molecule has 0 saturated carbocycles. The van der Waals surface area contributed by atoms with Gasteiger partial charge in [0.15, 0.2) is 0 Å². The minimum Gasteiger partial charge on any atom is -1.00 e. The van der Waals surface area contributed by atoms with Crippen LogP contribution in [0, 0.1) is 23.9 Å². The van der Waals surface area contributed by atoms with Crippen LogP contribution in [0.3, 0.4) is 0 Å². The fourth-order valence-corrected chi connectivity index (χ4v) is 5.06. The molecular weight excluding hydrogens is 614 g/mol. The summed E-state index contributed by atoms with van der Waals surface area (Å²) in [6.45, 7) is 20.0. The summed E-state index contributed by atoms with van der Waals surface area (Å²) in [6, 6.07) is 21.6. The Balaban J connectivity index is 0.000000350. The molecule has 40 heavy (non-hydrogen) atoms. The van der Waals surface area contributed by atoms with Gasteiger partial charge in [0, 0.05) is 0 Å². The molecule has 4 heteroatoms. The number of fused-ring (bicyclic) bond motifs is 3. The van der Waals surface area contributed by atoms with E-state index in [1.54, 1.807) is 12.1 Å². The summed E-state index contributed by atoms with van der Waals surface area (Å²) in [7, 11) is 0. The summed E-state index contributed by atoms with van der Waals surface area (Å²) in [5.74, 6) is 0.381. The van der Waals surface area contributed by atoms with Gasteiger partial charge in [0.25, 0.3) is 0 Å². The molecule has 0 fully saturated rings. The number of allylic oxidation sites excluding steroid dienone is 4. The molecule has 0 radical (unpaired) electrons. The van der Waals surface area contributed by atoms with Gasteiger partial charge in [-0.2, -0.15) is 29.8 Å². The maximum atomic E-state index is 12.2. The van der Waals surface area contributed by atoms with Crippen LogP contribution in [-0.2, 0) is 41.5 Å². The van der Waals surface area contributed by atoms with Crippen LogP contribution in [0.1, 0.15) is 90.1 Å². The van der Waals surface area contributed by atoms with Crippen LogP contribution in [0.15, 0.2) is 71.8 Å². The third kappa shape index (κ3) is 9.75. The summed E-state index contributed by atoms with van der Waals surface area (Å²) in [5, 5.41) is 0. The zero-order valence-electron chi connectivity index (χ0n) is 25.3. The van der Waals surface area contributed by atoms with E-state index in [0.29, 0.717) is 5.92 Å². The topological polar surface area (TPSA) is 0 Å². The van der Waals surface area contributed by atoms with E-state index in [4.69, 9.17) is 0 Å². The van der Waals surface area contributed by atoms with Gasteiger partial charge in [-0.1, -0.05) is 85.1 Å². The smallest absolute Gasteiger partial charge is 1.00 e. The number of hydrogen-bond acceptors (Lipinski definition) is 0. The number of halogens is 3. The average molecular weight is 655 g/mol. The van der Waals surface area contributed by atoms with Gasteiger partial charge in [-0.15, -0.1) is 18.1 Å². The Kier molecular flexibility index (Phi) is 13.7. The second-order valence-electron chi connectivity index (χ2n) is 12.4. The van der Waals surface area contributed by atoms with E-state index < -0.39 is 0 Å². The van der Waals surface area contributed by atoms with Crippen molar-refractivity contribution in [3.63, 3.8) is 0 Å². The van der Waals surface area contributed by atoms with Gasteiger partial charge in [-0.05, 0) is 28.4 Å². The first-order valence-corrected chi connectivity index (χ1v) is 14.9. The first kappa shape index (κ1) is 36.4. The molecule has 2 aliphatic carbocycles. The van der Waals surface area contributed by atoms with Gasteiger partial charge in [-0.3, -0.25) is 6.08 Å². The van der Waals surface area contributed by atoms with Crippen LogP contribution in [0.25, 0.3) is 11.1 Å². The molecule has 0 aromatic heterocycles. The van der Waals surface area contributed by atoms with E-state index in [1.165, 1.54) is 80.9 Å². The molecule has 5 rings (SSSR count). The van der Waals surface area contributed by atoms with Crippen LogP contribution in [-0.4, -0.2) is 3.71 Å². The zero-order chi connectivity index (χ0) is 28.3. The molecule has 1 unspecified atom stereocenters. The predicted molar refractivity (Wildman–Crippen MR) is 158 cm³/mol. The van der Waals surface area contributed by atoms with Crippen molar-refractivity contribution in [2.24, 2.45) is 5.92 Å². The third-order valence-electron chi connectivity index (χ3n) is 7.04. The number of benzene rings is 3. The van der Waals surface area contributed by atoms with E-state index >= 15 is 0 Å². The molecule has 0 bridgehead atoms. The van der Waals surface area contributed by atoms with Crippen LogP contribution in [0.5, 0.6) is 0 Å². The molecule has 3 aromatic carbocycles. The van der Waals surface area contributed by atoms with Gasteiger partial charge in [0.05, 0.1) is 0 Å². The summed E-state index contributed by atoms with van der Waals surface area (Å²) >= 11 is 1.34. The van der Waals surface area contributed by atoms with Crippen molar-refractivity contribution in [1.82, 2.24) is 0 Å². The molecule has 0 amide bonds. The second-order valence-corrected chi connectivity index (χ2v) is 13.1. The Hall–Kier alpha value is -1.60. The van der Waals surface area contributed by atoms with E-state index in [2.05, 4.69) is 111 Å². The molecule has 3 aromatic rings. The number of rotatable bonds is 1. The summed E-state index contributed by atoms with van der Waals surface area (Å²) in [5.41, 5.74) is 12.5. The first-order chi connectivity index (χ1) is 17.7. The van der Waals surface area contributed by atoms with Crippen LogP contribution < -0.4 is 24.8 Å². The fraction of sp³-hybridized carbons (Fsp3) is 0.361. The summed E-state index contributed by atoms with van der Waals surface area (Å²) in [6.07, 6.45) is 6.55. The van der Waals surface area contributed by atoms with Crippen molar-refractivity contribution in [2.45, 2.75) is 79.6 Å². The van der Waals surface area contributed by atoms with E-state index in [-0.39, 0.29) is 41.5 Å². The maximum Gasteiger partial charge on any atom is -1.00 e. The van der Waals surface area contributed by atoms with Crippen LogP contribution >= 0.6 is 0 Å². The van der Waals surface area contributed by atoms with Crippen molar-refractivity contribution in [2.75, 3.05) is 0 Å². The SMILES string of the molecule is CC(C)(C)c1[c-]c2c(cc1)-c1ccc(C(C)(C)C)cc1C2.CC1=[C-]C(C)C=C1C.Fc1ccc([CH]=[Zr+2])cc1.[Cl-].[Cl-]. The molecule has 0 N–H and O–H groups in total. The minimum atomic E-state index is -0.170. The van der Waals surface area contributed by atoms with Crippen molar-refractivity contribution < 1.29 is 53.4 Å². The zero-order valence-corrected chi connectivity index (χ0v) is 29.2. The molecule has 0 saturated heterocycles. The molecule has 0 aliphatic heterocycles. The van der Waals surface area contributed by atoms with Crippen molar-refractivity contribution in [1.29, 1.82) is 0 Å². The summed E-state index contributed by atoms with van der Waals surface area (Å²) in [4.78, 5) is 0. The van der Waals surface area contributed by atoms with Crippen molar-refractivity contribution in [3.05, 3.63) is 118 Å². The minimum absolute atomic E-state index is 0. The van der Waals surface area contributed by atoms with Crippen LogP contribution in [0.2, 0.25) is 0 Å². The molecule has 0 spiro atoms. The normalized spacial score (nSPS) is 14.9. The number of hydrogen-bond donors (Lipinski definition) is 0. The Bertz CT molecular complexity index is 1270. The summed E-state index contributed by atoms with van der Waals surface area (Å²) < 4.78 is 14.2. The van der Waals surface area contributed by atoms with E-state index in [0.717, 1.165) is 12.0 Å². The van der Waals surface area contributed by atoms with Crippen molar-refractivity contribution >= 4 is 3.71 Å². The largest absolute Gasteiger partial charge is 1.00 e. The monoisotopic (exact) mass is 652 g/mol. The Morgan fingerprint density at radius 1 is 0.850 bits per heavy atom. The Labute approximate surface area is 269 Å². The van der Waals surface area contributed by atoms with E-state index in [1.807, 2.05) is 3.71 Å². The first-order valence-electron chi connectivity index (χ1n) is 13.4. The Morgan fingerprint density at radius 2 is 1.45 bits per heavy atom. The van der Waals surface area contributed by atoms with Gasteiger partial charge in [0.1, 0.15) is 0 Å². The van der Waals surface area contributed by atoms with E-state index in [9.17, 15) is 4.39 Å². The Morgan fingerprint density at radius 3 is 1.90 bits per heavy atom. The van der Waals surface area contributed by atoms with Crippen molar-refractivity contribution in [3.8, 4) is 11.1 Å². The van der Waals surface area contributed by atoms with Gasteiger partial charge < -0.3 is 24.8 Å². The standard InChI is InChI=1S/C21H25.C8H11.C7H5F.2ClH.Zr/c1-20(2,3)16-7-9-18-14(12-16)11-15-13-17(21(4,5)6)8-10-19(15)18;1-6-4-7(2)8(3)5-6;1-6-2-4-7(8)5-3-6;;;/h7-10,12H,11H2,1-6H3;4,6H,1-3H3;1-5H;2*1H;/q2*-1;;;;+2/p-2. The molecule has 0 nitrogen and oxygen atoms in total. The molecular formula is C36H41Cl2FZr-2. The predicted octanol–water partition coefficient (Wildman–Crippen LogP) is 3.52. The molecule has 1 atom stereocenters. The fourth-order valence-electron chi connectivity index (χ4n) is 4.58. The van der Waals surface area contributed by atoms with Gasteiger partial charge in [0.2, 0.25) is 0 Å². The quantitative estimate of drug-likeness (QED) is 0.276. The van der Waals surface area contributed by atoms with Crippen LogP contribution in [0.4, 0.5) is 4.39 Å². The second kappa shape index (κ2) is 15.0. The molecule has 2 aliphatic rings. The van der Waals surface area contributed by atoms with Gasteiger partial charge >= 0.3 is 68.0 Å².